The molecule has 3 rings (SSSR count). The van der Waals surface area contributed by atoms with Crippen LogP contribution in [0.15, 0.2) is 24.3 Å². The SMILES string of the molecule is NC(=O)c1ccccc1NC(=O)CN1CCO[C@H]2COCC[C@H]21. The van der Waals surface area contributed by atoms with Crippen LogP contribution in [0.3, 0.4) is 0 Å². The first-order valence-electron chi connectivity index (χ1n) is 7.77. The van der Waals surface area contributed by atoms with Gasteiger partial charge in [-0.15, -0.1) is 0 Å². The van der Waals surface area contributed by atoms with E-state index in [0.29, 0.717) is 37.6 Å². The molecular formula is C16H21N3O4. The standard InChI is InChI=1S/C16H21N3O4/c17-16(21)11-3-1-2-4-12(11)18-15(20)9-19-6-8-23-14-10-22-7-5-13(14)19/h1-4,13-14H,5-10H2,(H2,17,21)(H,18,20)/t13-,14+/m1/s1. The minimum atomic E-state index is -0.559. The maximum atomic E-state index is 12.4. The lowest BCUT2D eigenvalue weighted by molar-refractivity contribution is -0.142. The van der Waals surface area contributed by atoms with E-state index < -0.39 is 5.91 Å². The van der Waals surface area contributed by atoms with Gasteiger partial charge >= 0.3 is 0 Å². The molecule has 2 aliphatic heterocycles. The summed E-state index contributed by atoms with van der Waals surface area (Å²) in [6, 6.07) is 6.94. The van der Waals surface area contributed by atoms with Gasteiger partial charge in [-0.25, -0.2) is 0 Å². The average Bonchev–Trinajstić information content (AvgIpc) is 2.55. The molecule has 0 radical (unpaired) electrons. The summed E-state index contributed by atoms with van der Waals surface area (Å²) in [6.07, 6.45) is 0.888. The first-order chi connectivity index (χ1) is 11.1. The Morgan fingerprint density at radius 1 is 1.30 bits per heavy atom. The fourth-order valence-electron chi connectivity index (χ4n) is 3.14. The average molecular weight is 319 g/mol. The summed E-state index contributed by atoms with van der Waals surface area (Å²) in [6.45, 7) is 2.83. The minimum Gasteiger partial charge on any atom is -0.379 e. The topological polar surface area (TPSA) is 93.9 Å². The molecule has 124 valence electrons. The predicted molar refractivity (Wildman–Crippen MR) is 84.1 cm³/mol. The number of anilines is 1. The van der Waals surface area contributed by atoms with Gasteiger partial charge in [-0.3, -0.25) is 14.5 Å². The molecule has 0 saturated carbocycles. The maximum absolute atomic E-state index is 12.4. The molecule has 2 amide bonds. The first kappa shape index (κ1) is 15.9. The van der Waals surface area contributed by atoms with Crippen LogP contribution in [0.4, 0.5) is 5.69 Å². The van der Waals surface area contributed by atoms with E-state index in [1.165, 1.54) is 0 Å². The van der Waals surface area contributed by atoms with Crippen molar-refractivity contribution < 1.29 is 19.1 Å². The fraction of sp³-hybridized carbons (Fsp3) is 0.500. The molecule has 1 aromatic rings. The molecule has 3 N–H and O–H groups in total. The Labute approximate surface area is 134 Å². The monoisotopic (exact) mass is 319 g/mol. The largest absolute Gasteiger partial charge is 0.379 e. The number of rotatable bonds is 4. The Kier molecular flexibility index (Phi) is 4.90. The van der Waals surface area contributed by atoms with Gasteiger partial charge < -0.3 is 20.5 Å². The van der Waals surface area contributed by atoms with Gasteiger partial charge in [0.25, 0.3) is 5.91 Å². The van der Waals surface area contributed by atoms with Crippen LogP contribution in [0, 0.1) is 0 Å². The van der Waals surface area contributed by atoms with Crippen molar-refractivity contribution in [2.45, 2.75) is 18.6 Å². The zero-order valence-electron chi connectivity index (χ0n) is 12.9. The van der Waals surface area contributed by atoms with E-state index in [0.717, 1.165) is 6.42 Å². The number of hydrogen-bond acceptors (Lipinski definition) is 5. The van der Waals surface area contributed by atoms with E-state index in [2.05, 4.69) is 10.2 Å². The Balaban J connectivity index is 1.64. The Hall–Kier alpha value is -1.96. The second kappa shape index (κ2) is 7.08. The molecule has 23 heavy (non-hydrogen) atoms. The minimum absolute atomic E-state index is 0.0307. The van der Waals surface area contributed by atoms with Gasteiger partial charge in [0.1, 0.15) is 0 Å². The normalized spacial score (nSPS) is 24.7. The maximum Gasteiger partial charge on any atom is 0.250 e. The molecule has 2 aliphatic rings. The van der Waals surface area contributed by atoms with Crippen LogP contribution in [0.2, 0.25) is 0 Å². The third-order valence-electron chi connectivity index (χ3n) is 4.26. The number of nitrogens with one attached hydrogen (secondary N) is 1. The summed E-state index contributed by atoms with van der Waals surface area (Å²) in [5, 5.41) is 2.78. The molecule has 0 unspecified atom stereocenters. The van der Waals surface area contributed by atoms with Gasteiger partial charge in [-0.2, -0.15) is 0 Å². The van der Waals surface area contributed by atoms with Crippen LogP contribution in [0.25, 0.3) is 0 Å². The molecule has 0 spiro atoms. The van der Waals surface area contributed by atoms with Crippen LogP contribution >= 0.6 is 0 Å². The van der Waals surface area contributed by atoms with Crippen molar-refractivity contribution in [3.63, 3.8) is 0 Å². The number of nitrogens with zero attached hydrogens (tertiary/aromatic N) is 1. The van der Waals surface area contributed by atoms with Crippen LogP contribution in [0.5, 0.6) is 0 Å². The third-order valence-corrected chi connectivity index (χ3v) is 4.26. The summed E-state index contributed by atoms with van der Waals surface area (Å²) in [5.41, 5.74) is 6.09. The number of carbonyl (C=O) groups is 2. The number of ether oxygens (including phenoxy) is 2. The number of fused-ring (bicyclic) bond motifs is 1. The third kappa shape index (κ3) is 3.69. The first-order valence-corrected chi connectivity index (χ1v) is 7.77. The summed E-state index contributed by atoms with van der Waals surface area (Å²) in [5.74, 6) is -0.720. The second-order valence-electron chi connectivity index (χ2n) is 5.77. The molecule has 0 aliphatic carbocycles. The molecule has 1 aromatic carbocycles. The highest BCUT2D eigenvalue weighted by atomic mass is 16.5. The molecule has 2 atom stereocenters. The van der Waals surface area contributed by atoms with Crippen molar-refractivity contribution in [1.82, 2.24) is 4.90 Å². The number of nitrogens with two attached hydrogens (primary N) is 1. The fourth-order valence-corrected chi connectivity index (χ4v) is 3.14. The number of benzene rings is 1. The number of para-hydroxylation sites is 1. The lowest BCUT2D eigenvalue weighted by Gasteiger charge is -2.43. The zero-order valence-corrected chi connectivity index (χ0v) is 12.9. The number of hydrogen-bond donors (Lipinski definition) is 2. The number of primary amides is 1. The van der Waals surface area contributed by atoms with Crippen molar-refractivity contribution in [2.24, 2.45) is 5.73 Å². The summed E-state index contributed by atoms with van der Waals surface area (Å²) in [4.78, 5) is 25.9. The van der Waals surface area contributed by atoms with Gasteiger partial charge in [0.15, 0.2) is 0 Å². The Morgan fingerprint density at radius 3 is 2.96 bits per heavy atom. The van der Waals surface area contributed by atoms with Crippen LogP contribution in [0.1, 0.15) is 16.8 Å². The van der Waals surface area contributed by atoms with Crippen molar-refractivity contribution in [3.8, 4) is 0 Å². The molecule has 7 nitrogen and oxygen atoms in total. The summed E-state index contributed by atoms with van der Waals surface area (Å²) >= 11 is 0. The molecule has 2 saturated heterocycles. The van der Waals surface area contributed by atoms with Gasteiger partial charge in [-0.1, -0.05) is 12.1 Å². The molecule has 2 heterocycles. The van der Waals surface area contributed by atoms with E-state index in [1.807, 2.05) is 0 Å². The zero-order chi connectivity index (χ0) is 16.2. The van der Waals surface area contributed by atoms with Gasteiger partial charge in [0.2, 0.25) is 5.91 Å². The Bertz CT molecular complexity index is 590. The van der Waals surface area contributed by atoms with E-state index in [1.54, 1.807) is 24.3 Å². The highest BCUT2D eigenvalue weighted by molar-refractivity contribution is 6.03. The molecule has 0 aromatic heterocycles. The van der Waals surface area contributed by atoms with Crippen molar-refractivity contribution in [1.29, 1.82) is 0 Å². The molecular weight excluding hydrogens is 298 g/mol. The van der Waals surface area contributed by atoms with Crippen molar-refractivity contribution in [3.05, 3.63) is 29.8 Å². The Morgan fingerprint density at radius 2 is 2.13 bits per heavy atom. The van der Waals surface area contributed by atoms with Crippen LogP contribution < -0.4 is 11.1 Å². The predicted octanol–water partition coefficient (Wildman–Crippen LogP) is 0.214. The second-order valence-corrected chi connectivity index (χ2v) is 5.77. The number of carbonyl (C=O) groups excluding carboxylic acids is 2. The van der Waals surface area contributed by atoms with E-state index in [9.17, 15) is 9.59 Å². The molecule has 7 heteroatoms. The van der Waals surface area contributed by atoms with Crippen molar-refractivity contribution in [2.75, 3.05) is 38.2 Å². The van der Waals surface area contributed by atoms with Gasteiger partial charge in [0.05, 0.1) is 37.1 Å². The van der Waals surface area contributed by atoms with E-state index in [4.69, 9.17) is 15.2 Å². The van der Waals surface area contributed by atoms with Crippen LogP contribution in [-0.4, -0.2) is 61.8 Å². The lowest BCUT2D eigenvalue weighted by atomic mass is 10.0. The van der Waals surface area contributed by atoms with Gasteiger partial charge in [0, 0.05) is 19.2 Å². The highest BCUT2D eigenvalue weighted by Gasteiger charge is 2.35. The van der Waals surface area contributed by atoms with Crippen LogP contribution in [-0.2, 0) is 14.3 Å². The molecule has 0 bridgehead atoms. The lowest BCUT2D eigenvalue weighted by Crippen LogP contribution is -2.57. The molecule has 2 fully saturated rings. The highest BCUT2D eigenvalue weighted by Crippen LogP contribution is 2.22. The summed E-state index contributed by atoms with van der Waals surface area (Å²) < 4.78 is 11.1. The quantitative estimate of drug-likeness (QED) is 0.827. The van der Waals surface area contributed by atoms with E-state index >= 15 is 0 Å². The van der Waals surface area contributed by atoms with E-state index in [-0.39, 0.29) is 24.6 Å². The van der Waals surface area contributed by atoms with Gasteiger partial charge in [-0.05, 0) is 18.6 Å². The number of morpholine rings is 1. The smallest absolute Gasteiger partial charge is 0.250 e. The summed E-state index contributed by atoms with van der Waals surface area (Å²) in [7, 11) is 0. The number of amides is 2. The van der Waals surface area contributed by atoms with Crippen molar-refractivity contribution >= 4 is 17.5 Å².